The van der Waals surface area contributed by atoms with Crippen LogP contribution in [0.5, 0.6) is 0 Å². The number of hydrogen-bond donors (Lipinski definition) is 2. The summed E-state index contributed by atoms with van der Waals surface area (Å²) in [7, 11) is 3.95. The van der Waals surface area contributed by atoms with Crippen LogP contribution in [0.4, 0.5) is 0 Å². The zero-order valence-corrected chi connectivity index (χ0v) is 11.8. The van der Waals surface area contributed by atoms with E-state index >= 15 is 0 Å². The summed E-state index contributed by atoms with van der Waals surface area (Å²) in [5, 5.41) is 9.74. The van der Waals surface area contributed by atoms with E-state index in [-0.39, 0.29) is 11.9 Å². The Morgan fingerprint density at radius 2 is 2.22 bits per heavy atom. The number of likely N-dealkylation sites (tertiary alicyclic amines) is 1. The molecule has 1 rings (SSSR count). The third-order valence-electron chi connectivity index (χ3n) is 3.44. The first-order valence-corrected chi connectivity index (χ1v) is 6.84. The molecule has 1 saturated heterocycles. The van der Waals surface area contributed by atoms with Gasteiger partial charge in [0.25, 0.3) is 0 Å². The van der Waals surface area contributed by atoms with Crippen LogP contribution in [-0.2, 0) is 4.79 Å². The van der Waals surface area contributed by atoms with E-state index in [0.29, 0.717) is 13.0 Å². The van der Waals surface area contributed by atoms with E-state index < -0.39 is 12.1 Å². The predicted molar refractivity (Wildman–Crippen MR) is 72.2 cm³/mol. The van der Waals surface area contributed by atoms with E-state index in [9.17, 15) is 9.90 Å². The fourth-order valence-electron chi connectivity index (χ4n) is 2.52. The van der Waals surface area contributed by atoms with Crippen molar-refractivity contribution in [1.82, 2.24) is 9.80 Å². The second kappa shape index (κ2) is 7.07. The van der Waals surface area contributed by atoms with Crippen LogP contribution in [0.1, 0.15) is 32.6 Å². The van der Waals surface area contributed by atoms with E-state index in [1.807, 2.05) is 19.0 Å². The Morgan fingerprint density at radius 1 is 1.56 bits per heavy atom. The zero-order chi connectivity index (χ0) is 13.7. The third-order valence-corrected chi connectivity index (χ3v) is 3.44. The van der Waals surface area contributed by atoms with Gasteiger partial charge in [-0.1, -0.05) is 19.8 Å². The number of carbonyl (C=O) groups excluding carboxylic acids is 1. The summed E-state index contributed by atoms with van der Waals surface area (Å²) < 4.78 is 0. The number of rotatable bonds is 6. The van der Waals surface area contributed by atoms with Crippen molar-refractivity contribution in [1.29, 1.82) is 0 Å². The monoisotopic (exact) mass is 257 g/mol. The largest absolute Gasteiger partial charge is 0.391 e. The summed E-state index contributed by atoms with van der Waals surface area (Å²) in [4.78, 5) is 16.1. The van der Waals surface area contributed by atoms with Gasteiger partial charge >= 0.3 is 0 Å². The van der Waals surface area contributed by atoms with E-state index in [1.54, 1.807) is 4.90 Å². The van der Waals surface area contributed by atoms with Gasteiger partial charge < -0.3 is 20.6 Å². The van der Waals surface area contributed by atoms with Crippen molar-refractivity contribution < 1.29 is 9.90 Å². The fourth-order valence-corrected chi connectivity index (χ4v) is 2.52. The van der Waals surface area contributed by atoms with E-state index in [0.717, 1.165) is 25.8 Å². The minimum Gasteiger partial charge on any atom is -0.391 e. The lowest BCUT2D eigenvalue weighted by Gasteiger charge is -2.29. The van der Waals surface area contributed by atoms with Gasteiger partial charge in [0.05, 0.1) is 12.1 Å². The molecule has 3 atom stereocenters. The topological polar surface area (TPSA) is 69.8 Å². The molecule has 3 N–H and O–H groups in total. The quantitative estimate of drug-likeness (QED) is 0.704. The van der Waals surface area contributed by atoms with Crippen LogP contribution < -0.4 is 5.73 Å². The highest BCUT2D eigenvalue weighted by Crippen LogP contribution is 2.20. The Balaban J connectivity index is 2.58. The average molecular weight is 257 g/mol. The normalized spacial score (nSPS) is 25.8. The molecule has 5 nitrogen and oxygen atoms in total. The summed E-state index contributed by atoms with van der Waals surface area (Å²) >= 11 is 0. The zero-order valence-electron chi connectivity index (χ0n) is 11.8. The molecular weight excluding hydrogens is 230 g/mol. The Labute approximate surface area is 110 Å². The van der Waals surface area contributed by atoms with Crippen LogP contribution in [0.15, 0.2) is 0 Å². The number of nitrogens with zero attached hydrogens (tertiary/aromatic N) is 2. The molecule has 0 spiro atoms. The SMILES string of the molecule is CCCC[C@H](N)C(=O)N1CC(O)CC1CN(C)C. The Morgan fingerprint density at radius 3 is 2.78 bits per heavy atom. The Hall–Kier alpha value is -0.650. The van der Waals surface area contributed by atoms with Crippen LogP contribution >= 0.6 is 0 Å². The number of hydrogen-bond acceptors (Lipinski definition) is 4. The minimum atomic E-state index is -0.417. The fraction of sp³-hybridized carbons (Fsp3) is 0.923. The maximum atomic E-state index is 12.3. The molecule has 1 aliphatic heterocycles. The van der Waals surface area contributed by atoms with E-state index in [4.69, 9.17) is 5.73 Å². The highest BCUT2D eigenvalue weighted by atomic mass is 16.3. The molecule has 0 bridgehead atoms. The number of likely N-dealkylation sites (N-methyl/N-ethyl adjacent to an activating group) is 1. The van der Waals surface area contributed by atoms with Crippen molar-refractivity contribution in [2.24, 2.45) is 5.73 Å². The standard InChI is InChI=1S/C13H27N3O2/c1-4-5-6-12(14)13(18)16-9-11(17)7-10(16)8-15(2)3/h10-12,17H,4-9,14H2,1-3H3/t10?,11?,12-/m0/s1. The molecule has 2 unspecified atom stereocenters. The van der Waals surface area contributed by atoms with Crippen LogP contribution in [0, 0.1) is 0 Å². The summed E-state index contributed by atoms with van der Waals surface area (Å²) in [6.07, 6.45) is 3.00. The van der Waals surface area contributed by atoms with Gasteiger partial charge in [-0.05, 0) is 26.9 Å². The summed E-state index contributed by atoms with van der Waals surface area (Å²) in [5.41, 5.74) is 5.94. The molecule has 18 heavy (non-hydrogen) atoms. The maximum absolute atomic E-state index is 12.3. The number of β-amino-alcohol motifs (C(OH)–C–C–N with tert-alkyl or cyclic N) is 1. The molecule has 0 saturated carbocycles. The number of amides is 1. The van der Waals surface area contributed by atoms with Gasteiger partial charge in [-0.2, -0.15) is 0 Å². The van der Waals surface area contributed by atoms with Gasteiger partial charge in [0, 0.05) is 19.1 Å². The number of nitrogens with two attached hydrogens (primary N) is 1. The average Bonchev–Trinajstić information content (AvgIpc) is 2.65. The molecule has 1 amide bonds. The molecule has 0 aromatic heterocycles. The minimum absolute atomic E-state index is 0.00755. The molecular formula is C13H27N3O2. The Bertz CT molecular complexity index is 271. The first-order chi connectivity index (χ1) is 8.45. The van der Waals surface area contributed by atoms with Gasteiger partial charge in [-0.15, -0.1) is 0 Å². The summed E-state index contributed by atoms with van der Waals surface area (Å²) in [6, 6.07) is -0.324. The van der Waals surface area contributed by atoms with Crippen LogP contribution in [0.3, 0.4) is 0 Å². The lowest BCUT2D eigenvalue weighted by Crippen LogP contribution is -2.48. The van der Waals surface area contributed by atoms with Gasteiger partial charge in [-0.3, -0.25) is 4.79 Å². The van der Waals surface area contributed by atoms with Gasteiger partial charge in [-0.25, -0.2) is 0 Å². The summed E-state index contributed by atoms with van der Waals surface area (Å²) in [5.74, 6) is -0.00755. The molecule has 0 aromatic rings. The predicted octanol–water partition coefficient (Wildman–Crippen LogP) is 0.0273. The molecule has 0 radical (unpaired) electrons. The lowest BCUT2D eigenvalue weighted by molar-refractivity contribution is -0.134. The smallest absolute Gasteiger partial charge is 0.239 e. The second-order valence-corrected chi connectivity index (χ2v) is 5.54. The van der Waals surface area contributed by atoms with Crippen molar-refractivity contribution in [3.05, 3.63) is 0 Å². The van der Waals surface area contributed by atoms with Gasteiger partial charge in [0.15, 0.2) is 0 Å². The number of unbranched alkanes of at least 4 members (excludes halogenated alkanes) is 1. The molecule has 1 heterocycles. The Kier molecular flexibility index (Phi) is 6.05. The van der Waals surface area contributed by atoms with Gasteiger partial charge in [0.2, 0.25) is 5.91 Å². The highest BCUT2D eigenvalue weighted by molar-refractivity contribution is 5.82. The molecule has 106 valence electrons. The highest BCUT2D eigenvalue weighted by Gasteiger charge is 2.36. The number of aliphatic hydroxyl groups excluding tert-OH is 1. The van der Waals surface area contributed by atoms with Crippen molar-refractivity contribution >= 4 is 5.91 Å². The molecule has 1 aliphatic rings. The maximum Gasteiger partial charge on any atom is 0.239 e. The third kappa shape index (κ3) is 4.23. The van der Waals surface area contributed by atoms with Crippen molar-refractivity contribution in [2.45, 2.75) is 50.8 Å². The molecule has 0 aromatic carbocycles. The van der Waals surface area contributed by atoms with Gasteiger partial charge in [0.1, 0.15) is 0 Å². The molecule has 1 fully saturated rings. The first kappa shape index (κ1) is 15.4. The first-order valence-electron chi connectivity index (χ1n) is 6.84. The molecule has 5 heteroatoms. The van der Waals surface area contributed by atoms with Crippen LogP contribution in [0.25, 0.3) is 0 Å². The van der Waals surface area contributed by atoms with Crippen LogP contribution in [0.2, 0.25) is 0 Å². The van der Waals surface area contributed by atoms with Crippen molar-refractivity contribution in [2.75, 3.05) is 27.2 Å². The van der Waals surface area contributed by atoms with Crippen molar-refractivity contribution in [3.63, 3.8) is 0 Å². The second-order valence-electron chi connectivity index (χ2n) is 5.54. The molecule has 0 aliphatic carbocycles. The van der Waals surface area contributed by atoms with E-state index in [1.165, 1.54) is 0 Å². The number of aliphatic hydroxyl groups is 1. The lowest BCUT2D eigenvalue weighted by atomic mass is 10.1. The van der Waals surface area contributed by atoms with Crippen LogP contribution in [-0.4, -0.2) is 66.2 Å². The van der Waals surface area contributed by atoms with E-state index in [2.05, 4.69) is 6.92 Å². The number of carbonyl (C=O) groups is 1. The van der Waals surface area contributed by atoms with Crippen molar-refractivity contribution in [3.8, 4) is 0 Å². The summed E-state index contributed by atoms with van der Waals surface area (Å²) in [6.45, 7) is 3.30.